The number of carbonyl (C=O) groups excluding carboxylic acids is 1. The van der Waals surface area contributed by atoms with Crippen LogP contribution in [0.15, 0.2) is 0 Å². The third-order valence-corrected chi connectivity index (χ3v) is 4.08. The van der Waals surface area contributed by atoms with Crippen molar-refractivity contribution in [1.82, 2.24) is 4.90 Å². The van der Waals surface area contributed by atoms with Crippen LogP contribution < -0.4 is 5.73 Å². The van der Waals surface area contributed by atoms with E-state index in [0.29, 0.717) is 18.6 Å². The molecule has 5 heteroatoms. The zero-order chi connectivity index (χ0) is 13.0. The van der Waals surface area contributed by atoms with Gasteiger partial charge in [0, 0.05) is 19.1 Å². The topological polar surface area (TPSA) is 64.8 Å². The Kier molecular flexibility index (Phi) is 4.97. The molecule has 1 saturated carbocycles. The van der Waals surface area contributed by atoms with Crippen molar-refractivity contribution in [2.24, 2.45) is 5.73 Å². The fourth-order valence-electron chi connectivity index (χ4n) is 3.03. The molecule has 3 unspecified atom stereocenters. The summed E-state index contributed by atoms with van der Waals surface area (Å²) in [7, 11) is 1.38. The first-order valence-corrected chi connectivity index (χ1v) is 6.91. The minimum atomic E-state index is -0.500. The van der Waals surface area contributed by atoms with Gasteiger partial charge in [0.15, 0.2) is 0 Å². The quantitative estimate of drug-likeness (QED) is 0.743. The standard InChI is InChI=1S/C13H24N2O3/c1-17-13(16)10(14)6-7-15-8-9-18-12-5-3-2-4-11(12)15/h10-12H,2-9,14H2,1H3. The molecule has 1 aliphatic heterocycles. The molecule has 0 spiro atoms. The smallest absolute Gasteiger partial charge is 0.322 e. The summed E-state index contributed by atoms with van der Waals surface area (Å²) in [4.78, 5) is 13.7. The lowest BCUT2D eigenvalue weighted by molar-refractivity contribution is -0.142. The van der Waals surface area contributed by atoms with Crippen LogP contribution in [0.25, 0.3) is 0 Å². The molecular weight excluding hydrogens is 232 g/mol. The van der Waals surface area contributed by atoms with E-state index in [1.165, 1.54) is 32.8 Å². The van der Waals surface area contributed by atoms with Crippen molar-refractivity contribution in [1.29, 1.82) is 0 Å². The molecule has 104 valence electrons. The highest BCUT2D eigenvalue weighted by molar-refractivity contribution is 5.75. The zero-order valence-corrected chi connectivity index (χ0v) is 11.1. The lowest BCUT2D eigenvalue weighted by Gasteiger charge is -2.44. The average molecular weight is 256 g/mol. The number of esters is 1. The molecule has 0 aromatic carbocycles. The van der Waals surface area contributed by atoms with Crippen molar-refractivity contribution >= 4 is 5.97 Å². The number of ether oxygens (including phenoxy) is 2. The molecule has 2 aliphatic rings. The van der Waals surface area contributed by atoms with Crippen LogP contribution in [0.3, 0.4) is 0 Å². The van der Waals surface area contributed by atoms with Gasteiger partial charge in [0.1, 0.15) is 6.04 Å². The van der Waals surface area contributed by atoms with Crippen LogP contribution in [0.4, 0.5) is 0 Å². The third kappa shape index (κ3) is 3.22. The highest BCUT2D eigenvalue weighted by atomic mass is 16.5. The third-order valence-electron chi connectivity index (χ3n) is 4.08. The molecule has 2 fully saturated rings. The summed E-state index contributed by atoms with van der Waals surface area (Å²) in [6, 6.07) is 0.0252. The largest absolute Gasteiger partial charge is 0.468 e. The highest BCUT2D eigenvalue weighted by Crippen LogP contribution is 2.28. The van der Waals surface area contributed by atoms with Crippen molar-refractivity contribution in [3.8, 4) is 0 Å². The van der Waals surface area contributed by atoms with Crippen LogP contribution in [-0.2, 0) is 14.3 Å². The Bertz CT molecular complexity index is 283. The molecule has 5 nitrogen and oxygen atoms in total. The predicted molar refractivity (Wildman–Crippen MR) is 68.2 cm³/mol. The van der Waals surface area contributed by atoms with Crippen LogP contribution in [0.5, 0.6) is 0 Å². The van der Waals surface area contributed by atoms with Crippen LogP contribution in [-0.4, -0.2) is 55.9 Å². The van der Waals surface area contributed by atoms with Gasteiger partial charge >= 0.3 is 5.97 Å². The summed E-state index contributed by atoms with van der Waals surface area (Å²) in [6.07, 6.45) is 5.99. The number of methoxy groups -OCH3 is 1. The van der Waals surface area contributed by atoms with E-state index in [9.17, 15) is 4.79 Å². The van der Waals surface area contributed by atoms with Crippen molar-refractivity contribution in [3.63, 3.8) is 0 Å². The molecule has 1 heterocycles. The first-order chi connectivity index (χ1) is 8.72. The first kappa shape index (κ1) is 13.8. The van der Waals surface area contributed by atoms with Gasteiger partial charge in [-0.25, -0.2) is 0 Å². The summed E-state index contributed by atoms with van der Waals surface area (Å²) in [5.74, 6) is -0.316. The number of rotatable bonds is 4. The SMILES string of the molecule is COC(=O)C(N)CCN1CCOC2CCCCC21. The Morgan fingerprint density at radius 1 is 1.50 bits per heavy atom. The molecule has 0 amide bonds. The Morgan fingerprint density at radius 3 is 3.06 bits per heavy atom. The number of nitrogens with zero attached hydrogens (tertiary/aromatic N) is 1. The molecule has 2 rings (SSSR count). The minimum Gasteiger partial charge on any atom is -0.468 e. The lowest BCUT2D eigenvalue weighted by atomic mass is 9.90. The number of hydrogen-bond donors (Lipinski definition) is 1. The van der Waals surface area contributed by atoms with Gasteiger partial charge in [-0.2, -0.15) is 0 Å². The van der Waals surface area contributed by atoms with Gasteiger partial charge in [-0.05, 0) is 19.3 Å². The van der Waals surface area contributed by atoms with E-state index in [4.69, 9.17) is 10.5 Å². The monoisotopic (exact) mass is 256 g/mol. The maximum absolute atomic E-state index is 11.3. The van der Waals surface area contributed by atoms with Crippen LogP contribution >= 0.6 is 0 Å². The van der Waals surface area contributed by atoms with Crippen molar-refractivity contribution < 1.29 is 14.3 Å². The van der Waals surface area contributed by atoms with E-state index in [1.807, 2.05) is 0 Å². The molecule has 0 aromatic heterocycles. The van der Waals surface area contributed by atoms with Crippen LogP contribution in [0.1, 0.15) is 32.1 Å². The number of morpholine rings is 1. The molecule has 18 heavy (non-hydrogen) atoms. The lowest BCUT2D eigenvalue weighted by Crippen LogP contribution is -2.53. The molecule has 1 saturated heterocycles. The summed E-state index contributed by atoms with van der Waals surface area (Å²) < 4.78 is 10.5. The Morgan fingerprint density at radius 2 is 2.28 bits per heavy atom. The molecular formula is C13H24N2O3. The summed E-state index contributed by atoms with van der Waals surface area (Å²) in [5, 5.41) is 0. The second-order valence-corrected chi connectivity index (χ2v) is 5.22. The van der Waals surface area contributed by atoms with Gasteiger partial charge in [-0.1, -0.05) is 12.8 Å². The summed E-state index contributed by atoms with van der Waals surface area (Å²) in [6.45, 7) is 2.62. The molecule has 0 bridgehead atoms. The maximum Gasteiger partial charge on any atom is 0.322 e. The van der Waals surface area contributed by atoms with Crippen molar-refractivity contribution in [2.45, 2.75) is 50.3 Å². The fraction of sp³-hybridized carbons (Fsp3) is 0.923. The second-order valence-electron chi connectivity index (χ2n) is 5.22. The Labute approximate surface area is 109 Å². The number of nitrogens with two attached hydrogens (primary N) is 1. The zero-order valence-electron chi connectivity index (χ0n) is 11.1. The number of hydrogen-bond acceptors (Lipinski definition) is 5. The number of fused-ring (bicyclic) bond motifs is 1. The van der Waals surface area contributed by atoms with Gasteiger partial charge in [0.05, 0.1) is 19.8 Å². The second kappa shape index (κ2) is 6.50. The normalized spacial score (nSPS) is 30.6. The van der Waals surface area contributed by atoms with Gasteiger partial charge < -0.3 is 15.2 Å². The average Bonchev–Trinajstić information content (AvgIpc) is 2.43. The molecule has 0 aromatic rings. The fourth-order valence-corrected chi connectivity index (χ4v) is 3.03. The number of carbonyl (C=O) groups is 1. The van der Waals surface area contributed by atoms with E-state index in [1.54, 1.807) is 0 Å². The van der Waals surface area contributed by atoms with E-state index >= 15 is 0 Å². The van der Waals surface area contributed by atoms with E-state index in [-0.39, 0.29) is 5.97 Å². The van der Waals surface area contributed by atoms with Crippen molar-refractivity contribution in [3.05, 3.63) is 0 Å². The van der Waals surface area contributed by atoms with E-state index < -0.39 is 6.04 Å². The highest BCUT2D eigenvalue weighted by Gasteiger charge is 2.34. The van der Waals surface area contributed by atoms with Gasteiger partial charge in [0.25, 0.3) is 0 Å². The van der Waals surface area contributed by atoms with E-state index in [0.717, 1.165) is 19.7 Å². The summed E-state index contributed by atoms with van der Waals surface area (Å²) >= 11 is 0. The minimum absolute atomic E-state index is 0.316. The van der Waals surface area contributed by atoms with Gasteiger partial charge in [-0.3, -0.25) is 9.69 Å². The Hall–Kier alpha value is -0.650. The summed E-state index contributed by atoms with van der Waals surface area (Å²) in [5.41, 5.74) is 5.78. The maximum atomic E-state index is 11.3. The molecule has 2 N–H and O–H groups in total. The first-order valence-electron chi connectivity index (χ1n) is 6.91. The van der Waals surface area contributed by atoms with E-state index in [2.05, 4.69) is 9.64 Å². The van der Waals surface area contributed by atoms with Crippen LogP contribution in [0, 0.1) is 0 Å². The predicted octanol–water partition coefficient (Wildman–Crippen LogP) is 0.520. The molecule has 3 atom stereocenters. The molecule has 0 radical (unpaired) electrons. The van der Waals surface area contributed by atoms with Gasteiger partial charge in [0.2, 0.25) is 0 Å². The van der Waals surface area contributed by atoms with Crippen LogP contribution in [0.2, 0.25) is 0 Å². The Balaban J connectivity index is 1.82. The molecule has 1 aliphatic carbocycles. The van der Waals surface area contributed by atoms with Crippen molar-refractivity contribution in [2.75, 3.05) is 26.8 Å². The van der Waals surface area contributed by atoms with Gasteiger partial charge in [-0.15, -0.1) is 0 Å².